The normalized spacial score (nSPS) is 9.80. The molecule has 1 aromatic carbocycles. The first kappa shape index (κ1) is 11.6. The molecule has 0 aromatic heterocycles. The van der Waals surface area contributed by atoms with Gasteiger partial charge >= 0.3 is 0 Å². The van der Waals surface area contributed by atoms with Crippen molar-refractivity contribution < 1.29 is 14.4 Å². The second kappa shape index (κ2) is 4.88. The van der Waals surface area contributed by atoms with Crippen LogP contribution in [0.3, 0.4) is 0 Å². The van der Waals surface area contributed by atoms with E-state index in [0.29, 0.717) is 16.4 Å². The summed E-state index contributed by atoms with van der Waals surface area (Å²) in [5, 5.41) is 10.7. The summed E-state index contributed by atoms with van der Waals surface area (Å²) >= 11 is 1.30. The van der Waals surface area contributed by atoms with Gasteiger partial charge in [-0.15, -0.1) is 11.8 Å². The molecule has 6 heteroatoms. The zero-order valence-electron chi connectivity index (χ0n) is 8.64. The van der Waals surface area contributed by atoms with E-state index in [2.05, 4.69) is 0 Å². The lowest BCUT2D eigenvalue weighted by molar-refractivity contribution is -0.387. The predicted molar refractivity (Wildman–Crippen MR) is 58.0 cm³/mol. The summed E-state index contributed by atoms with van der Waals surface area (Å²) in [6.07, 6.45) is 1.77. The fourth-order valence-electron chi connectivity index (χ4n) is 1.16. The van der Waals surface area contributed by atoms with Gasteiger partial charge in [0.2, 0.25) is 0 Å². The number of benzene rings is 1. The van der Waals surface area contributed by atoms with E-state index in [1.165, 1.54) is 32.0 Å². The summed E-state index contributed by atoms with van der Waals surface area (Å²) in [7, 11) is 2.94. The highest BCUT2D eigenvalue weighted by atomic mass is 32.2. The third kappa shape index (κ3) is 2.33. The molecule has 0 aliphatic heterocycles. The van der Waals surface area contributed by atoms with E-state index in [4.69, 9.17) is 9.47 Å². The Morgan fingerprint density at radius 2 is 1.80 bits per heavy atom. The molecule has 0 aliphatic rings. The molecule has 15 heavy (non-hydrogen) atoms. The van der Waals surface area contributed by atoms with E-state index in [1.54, 1.807) is 12.3 Å². The zero-order valence-corrected chi connectivity index (χ0v) is 9.46. The molecule has 0 spiro atoms. The van der Waals surface area contributed by atoms with Gasteiger partial charge in [-0.05, 0) is 6.26 Å². The number of ether oxygens (including phenoxy) is 2. The van der Waals surface area contributed by atoms with E-state index < -0.39 is 4.92 Å². The SMILES string of the molecule is COc1cc(SC)c([N+](=O)[O-])cc1OC. The van der Waals surface area contributed by atoms with Crippen LogP contribution in [0.1, 0.15) is 0 Å². The first-order valence-electron chi connectivity index (χ1n) is 4.08. The fraction of sp³-hybridized carbons (Fsp3) is 0.333. The summed E-state index contributed by atoms with van der Waals surface area (Å²) < 4.78 is 10.0. The van der Waals surface area contributed by atoms with E-state index in [-0.39, 0.29) is 5.69 Å². The van der Waals surface area contributed by atoms with Gasteiger partial charge in [-0.3, -0.25) is 10.1 Å². The minimum Gasteiger partial charge on any atom is -0.493 e. The van der Waals surface area contributed by atoms with Crippen molar-refractivity contribution in [3.8, 4) is 11.5 Å². The molecule has 1 aromatic rings. The molecular formula is C9H11NO4S. The van der Waals surface area contributed by atoms with Crippen LogP contribution in [0.2, 0.25) is 0 Å². The van der Waals surface area contributed by atoms with E-state index in [1.807, 2.05) is 0 Å². The van der Waals surface area contributed by atoms with Crippen LogP contribution in [-0.2, 0) is 0 Å². The molecule has 1 rings (SSSR count). The van der Waals surface area contributed by atoms with Crippen LogP contribution in [0, 0.1) is 10.1 Å². The smallest absolute Gasteiger partial charge is 0.286 e. The number of nitro benzene ring substituents is 1. The Hall–Kier alpha value is -1.43. The molecule has 0 bridgehead atoms. The summed E-state index contributed by atoms with van der Waals surface area (Å²) in [6, 6.07) is 2.96. The molecule has 0 heterocycles. The van der Waals surface area contributed by atoms with Gasteiger partial charge in [0, 0.05) is 6.07 Å². The molecule has 0 saturated heterocycles. The number of nitro groups is 1. The maximum Gasteiger partial charge on any atom is 0.286 e. The Bertz CT molecular complexity index is 381. The lowest BCUT2D eigenvalue weighted by Gasteiger charge is -2.08. The van der Waals surface area contributed by atoms with Gasteiger partial charge in [0.05, 0.1) is 30.1 Å². The van der Waals surface area contributed by atoms with Crippen molar-refractivity contribution in [2.75, 3.05) is 20.5 Å². The molecular weight excluding hydrogens is 218 g/mol. The van der Waals surface area contributed by atoms with Gasteiger partial charge in [0.15, 0.2) is 11.5 Å². The highest BCUT2D eigenvalue weighted by molar-refractivity contribution is 7.98. The number of nitrogens with zero attached hydrogens (tertiary/aromatic N) is 1. The fourth-order valence-corrected chi connectivity index (χ4v) is 1.72. The Morgan fingerprint density at radius 1 is 1.27 bits per heavy atom. The van der Waals surface area contributed by atoms with E-state index in [0.717, 1.165) is 0 Å². The average Bonchev–Trinajstić information content (AvgIpc) is 2.26. The first-order chi connectivity index (χ1) is 7.13. The standard InChI is InChI=1S/C9H11NO4S/c1-13-7-4-6(10(11)12)9(15-3)5-8(7)14-2/h4-5H,1-3H3. The minimum absolute atomic E-state index is 0.0279. The molecule has 0 atom stereocenters. The van der Waals surface area contributed by atoms with Crippen LogP contribution in [-0.4, -0.2) is 25.4 Å². The van der Waals surface area contributed by atoms with Crippen molar-refractivity contribution >= 4 is 17.4 Å². The van der Waals surface area contributed by atoms with Crippen molar-refractivity contribution in [3.63, 3.8) is 0 Å². The van der Waals surface area contributed by atoms with Crippen LogP contribution in [0.4, 0.5) is 5.69 Å². The molecule has 0 radical (unpaired) electrons. The number of thioether (sulfide) groups is 1. The second-order valence-corrected chi connectivity index (χ2v) is 3.48. The van der Waals surface area contributed by atoms with Gasteiger partial charge < -0.3 is 9.47 Å². The van der Waals surface area contributed by atoms with Crippen molar-refractivity contribution in [3.05, 3.63) is 22.2 Å². The summed E-state index contributed by atoms with van der Waals surface area (Å²) in [4.78, 5) is 10.9. The van der Waals surface area contributed by atoms with Crippen LogP contribution in [0.25, 0.3) is 0 Å². The average molecular weight is 229 g/mol. The quantitative estimate of drug-likeness (QED) is 0.450. The molecule has 0 unspecified atom stereocenters. The van der Waals surface area contributed by atoms with E-state index >= 15 is 0 Å². The second-order valence-electron chi connectivity index (χ2n) is 2.64. The van der Waals surface area contributed by atoms with Gasteiger partial charge in [0.1, 0.15) is 0 Å². The number of hydrogen-bond donors (Lipinski definition) is 0. The van der Waals surface area contributed by atoms with Crippen LogP contribution in [0.15, 0.2) is 17.0 Å². The van der Waals surface area contributed by atoms with E-state index in [9.17, 15) is 10.1 Å². The van der Waals surface area contributed by atoms with Crippen LogP contribution >= 0.6 is 11.8 Å². The monoisotopic (exact) mass is 229 g/mol. The largest absolute Gasteiger partial charge is 0.493 e. The number of rotatable bonds is 4. The first-order valence-corrected chi connectivity index (χ1v) is 5.31. The van der Waals surface area contributed by atoms with Crippen LogP contribution in [0.5, 0.6) is 11.5 Å². The zero-order chi connectivity index (χ0) is 11.4. The lowest BCUT2D eigenvalue weighted by atomic mass is 10.3. The Kier molecular flexibility index (Phi) is 3.79. The maximum absolute atomic E-state index is 10.7. The van der Waals surface area contributed by atoms with Crippen molar-refractivity contribution in [2.45, 2.75) is 4.90 Å². The molecule has 0 fully saturated rings. The molecule has 0 amide bonds. The molecule has 82 valence electrons. The summed E-state index contributed by atoms with van der Waals surface area (Å²) in [6.45, 7) is 0. The van der Waals surface area contributed by atoms with Gasteiger partial charge in [-0.25, -0.2) is 0 Å². The third-order valence-corrected chi connectivity index (χ3v) is 2.65. The maximum atomic E-state index is 10.7. The molecule has 0 aliphatic carbocycles. The minimum atomic E-state index is -0.437. The topological polar surface area (TPSA) is 61.6 Å². The third-order valence-electron chi connectivity index (χ3n) is 1.88. The highest BCUT2D eigenvalue weighted by Gasteiger charge is 2.18. The Balaban J connectivity index is 3.34. The molecule has 0 N–H and O–H groups in total. The Morgan fingerprint density at radius 3 is 2.20 bits per heavy atom. The van der Waals surface area contributed by atoms with Gasteiger partial charge in [0.25, 0.3) is 5.69 Å². The van der Waals surface area contributed by atoms with Crippen molar-refractivity contribution in [1.29, 1.82) is 0 Å². The highest BCUT2D eigenvalue weighted by Crippen LogP contribution is 2.38. The predicted octanol–water partition coefficient (Wildman–Crippen LogP) is 2.33. The summed E-state index contributed by atoms with van der Waals surface area (Å²) in [5.41, 5.74) is 0.0279. The van der Waals surface area contributed by atoms with Crippen molar-refractivity contribution in [1.82, 2.24) is 0 Å². The number of methoxy groups -OCH3 is 2. The van der Waals surface area contributed by atoms with Crippen molar-refractivity contribution in [2.24, 2.45) is 0 Å². The number of hydrogen-bond acceptors (Lipinski definition) is 5. The lowest BCUT2D eigenvalue weighted by Crippen LogP contribution is -1.95. The Labute approximate surface area is 91.5 Å². The van der Waals surface area contributed by atoms with Crippen LogP contribution < -0.4 is 9.47 Å². The molecule has 0 saturated carbocycles. The van der Waals surface area contributed by atoms with Gasteiger partial charge in [-0.2, -0.15) is 0 Å². The molecule has 5 nitrogen and oxygen atoms in total. The van der Waals surface area contributed by atoms with Gasteiger partial charge in [-0.1, -0.05) is 0 Å². The summed E-state index contributed by atoms with van der Waals surface area (Å²) in [5.74, 6) is 0.856.